The normalized spacial score (nSPS) is 13.4. The standard InChI is InChI=1S/C22H18ClN5O/c1-13-4-2-7-18(24-13)21-17-9-15-12-28(11-14-5-3-6-16(23)8-14)22(29)25-19(15)10-20(17)26-27-21/h2-10H,11-12H2,1H3,(H,25,29)(H,26,27). The number of rotatable bonds is 3. The highest BCUT2D eigenvalue weighted by atomic mass is 35.5. The van der Waals surface area contributed by atoms with Crippen molar-refractivity contribution < 1.29 is 4.79 Å². The molecule has 2 aromatic heterocycles. The predicted molar refractivity (Wildman–Crippen MR) is 114 cm³/mol. The van der Waals surface area contributed by atoms with E-state index in [-0.39, 0.29) is 6.03 Å². The molecule has 5 rings (SSSR count). The largest absolute Gasteiger partial charge is 0.322 e. The highest BCUT2D eigenvalue weighted by Crippen LogP contribution is 2.33. The molecule has 6 nitrogen and oxygen atoms in total. The van der Waals surface area contributed by atoms with Crippen LogP contribution in [-0.2, 0) is 13.1 Å². The maximum absolute atomic E-state index is 12.6. The second-order valence-corrected chi connectivity index (χ2v) is 7.64. The average molecular weight is 404 g/mol. The Labute approximate surface area is 172 Å². The first kappa shape index (κ1) is 17.7. The number of urea groups is 1. The minimum atomic E-state index is -0.128. The highest BCUT2D eigenvalue weighted by Gasteiger charge is 2.24. The van der Waals surface area contributed by atoms with Crippen LogP contribution in [0.3, 0.4) is 0 Å². The summed E-state index contributed by atoms with van der Waals surface area (Å²) in [5.74, 6) is 0. The number of amides is 2. The summed E-state index contributed by atoms with van der Waals surface area (Å²) >= 11 is 6.08. The van der Waals surface area contributed by atoms with Gasteiger partial charge in [0.25, 0.3) is 0 Å². The van der Waals surface area contributed by atoms with Gasteiger partial charge in [-0.25, -0.2) is 4.79 Å². The lowest BCUT2D eigenvalue weighted by atomic mass is 10.0. The quantitative estimate of drug-likeness (QED) is 0.497. The number of H-pyrrole nitrogens is 1. The number of benzene rings is 2. The number of halogens is 1. The number of pyridine rings is 1. The van der Waals surface area contributed by atoms with Gasteiger partial charge < -0.3 is 10.2 Å². The number of carbonyl (C=O) groups excluding carboxylic acids is 1. The smallest absolute Gasteiger partial charge is 0.316 e. The fourth-order valence-electron chi connectivity index (χ4n) is 3.68. The van der Waals surface area contributed by atoms with Crippen LogP contribution in [0.5, 0.6) is 0 Å². The SMILES string of the molecule is Cc1cccc(-c2n[nH]c3cc4c(cc23)CN(Cc2cccc(Cl)c2)C(=O)N4)n1. The molecule has 2 aromatic carbocycles. The van der Waals surface area contributed by atoms with Gasteiger partial charge >= 0.3 is 6.03 Å². The molecule has 29 heavy (non-hydrogen) atoms. The first-order chi connectivity index (χ1) is 14.1. The van der Waals surface area contributed by atoms with E-state index >= 15 is 0 Å². The molecule has 2 N–H and O–H groups in total. The molecule has 1 aliphatic rings. The van der Waals surface area contributed by atoms with Crippen LogP contribution in [-0.4, -0.2) is 26.1 Å². The van der Waals surface area contributed by atoms with Crippen molar-refractivity contribution in [3.63, 3.8) is 0 Å². The molecule has 3 heterocycles. The number of anilines is 1. The zero-order chi connectivity index (χ0) is 20.0. The van der Waals surface area contributed by atoms with Crippen molar-refractivity contribution in [3.8, 4) is 11.4 Å². The lowest BCUT2D eigenvalue weighted by molar-refractivity contribution is 0.204. The fraction of sp³-hybridized carbons (Fsp3) is 0.136. The number of aryl methyl sites for hydroxylation is 1. The van der Waals surface area contributed by atoms with E-state index in [4.69, 9.17) is 11.6 Å². The average Bonchev–Trinajstić information content (AvgIpc) is 3.10. The molecule has 0 radical (unpaired) electrons. The molecular weight excluding hydrogens is 386 g/mol. The second-order valence-electron chi connectivity index (χ2n) is 7.21. The van der Waals surface area contributed by atoms with Gasteiger partial charge in [-0.2, -0.15) is 5.10 Å². The number of hydrogen-bond acceptors (Lipinski definition) is 3. The van der Waals surface area contributed by atoms with E-state index in [9.17, 15) is 4.79 Å². The van der Waals surface area contributed by atoms with Gasteiger partial charge in [0.2, 0.25) is 0 Å². The number of aromatic nitrogens is 3. The third-order valence-electron chi connectivity index (χ3n) is 5.07. The first-order valence-electron chi connectivity index (χ1n) is 9.32. The molecule has 0 fully saturated rings. The molecule has 0 bridgehead atoms. The van der Waals surface area contributed by atoms with Gasteiger partial charge in [0, 0.05) is 34.9 Å². The van der Waals surface area contributed by atoms with Crippen LogP contribution in [0, 0.1) is 6.92 Å². The van der Waals surface area contributed by atoms with Gasteiger partial charge in [0.05, 0.1) is 11.2 Å². The summed E-state index contributed by atoms with van der Waals surface area (Å²) in [6, 6.07) is 17.3. The molecular formula is C22H18ClN5O. The third-order valence-corrected chi connectivity index (χ3v) is 5.31. The Morgan fingerprint density at radius 1 is 1.14 bits per heavy atom. The van der Waals surface area contributed by atoms with E-state index in [2.05, 4.69) is 26.6 Å². The zero-order valence-electron chi connectivity index (χ0n) is 15.7. The maximum atomic E-state index is 12.6. The molecule has 2 amide bonds. The number of aromatic amines is 1. The maximum Gasteiger partial charge on any atom is 0.322 e. The Kier molecular flexibility index (Phi) is 4.21. The second kappa shape index (κ2) is 6.90. The van der Waals surface area contributed by atoms with E-state index in [0.717, 1.165) is 44.8 Å². The summed E-state index contributed by atoms with van der Waals surface area (Å²) in [6.07, 6.45) is 0. The Morgan fingerprint density at radius 2 is 2.00 bits per heavy atom. The lowest BCUT2D eigenvalue weighted by Gasteiger charge is -2.29. The van der Waals surface area contributed by atoms with Gasteiger partial charge in [-0.05, 0) is 54.4 Å². The summed E-state index contributed by atoms with van der Waals surface area (Å²) in [7, 11) is 0. The molecule has 7 heteroatoms. The van der Waals surface area contributed by atoms with Crippen LogP contribution in [0.4, 0.5) is 10.5 Å². The Hall–Kier alpha value is -3.38. The Balaban J connectivity index is 1.51. The van der Waals surface area contributed by atoms with E-state index in [1.54, 1.807) is 4.90 Å². The number of fused-ring (bicyclic) bond motifs is 2. The zero-order valence-corrected chi connectivity index (χ0v) is 16.5. The molecule has 4 aromatic rings. The van der Waals surface area contributed by atoms with E-state index < -0.39 is 0 Å². The minimum absolute atomic E-state index is 0.128. The summed E-state index contributed by atoms with van der Waals surface area (Å²) < 4.78 is 0. The molecule has 0 atom stereocenters. The molecule has 0 aliphatic carbocycles. The Morgan fingerprint density at radius 3 is 2.83 bits per heavy atom. The van der Waals surface area contributed by atoms with Crippen LogP contribution in [0.25, 0.3) is 22.3 Å². The highest BCUT2D eigenvalue weighted by molar-refractivity contribution is 6.30. The fourth-order valence-corrected chi connectivity index (χ4v) is 3.89. The van der Waals surface area contributed by atoms with Gasteiger partial charge in [-0.15, -0.1) is 0 Å². The number of hydrogen-bond donors (Lipinski definition) is 2. The van der Waals surface area contributed by atoms with Crippen LogP contribution in [0.1, 0.15) is 16.8 Å². The minimum Gasteiger partial charge on any atom is -0.316 e. The van der Waals surface area contributed by atoms with E-state index in [1.807, 2.05) is 55.5 Å². The topological polar surface area (TPSA) is 73.9 Å². The van der Waals surface area contributed by atoms with Crippen molar-refractivity contribution in [2.24, 2.45) is 0 Å². The molecule has 0 unspecified atom stereocenters. The molecule has 1 aliphatic heterocycles. The summed E-state index contributed by atoms with van der Waals surface area (Å²) in [4.78, 5) is 19.0. The lowest BCUT2D eigenvalue weighted by Crippen LogP contribution is -2.38. The summed E-state index contributed by atoms with van der Waals surface area (Å²) in [5.41, 5.74) is 6.27. The van der Waals surface area contributed by atoms with Crippen LogP contribution >= 0.6 is 11.6 Å². The van der Waals surface area contributed by atoms with Gasteiger partial charge in [-0.1, -0.05) is 29.8 Å². The predicted octanol–water partition coefficient (Wildman–Crippen LogP) is 5.13. The van der Waals surface area contributed by atoms with Gasteiger partial charge in [0.15, 0.2) is 0 Å². The van der Waals surface area contributed by atoms with E-state index in [0.29, 0.717) is 18.1 Å². The van der Waals surface area contributed by atoms with Crippen molar-refractivity contribution in [1.29, 1.82) is 0 Å². The van der Waals surface area contributed by atoms with Gasteiger partial charge in [-0.3, -0.25) is 10.1 Å². The van der Waals surface area contributed by atoms with Crippen LogP contribution in [0.15, 0.2) is 54.6 Å². The van der Waals surface area contributed by atoms with Crippen molar-refractivity contribution in [1.82, 2.24) is 20.1 Å². The van der Waals surface area contributed by atoms with Crippen LogP contribution in [0.2, 0.25) is 5.02 Å². The van der Waals surface area contributed by atoms with E-state index in [1.165, 1.54) is 0 Å². The van der Waals surface area contributed by atoms with Crippen molar-refractivity contribution in [3.05, 3.63) is 76.4 Å². The molecule has 0 saturated carbocycles. The van der Waals surface area contributed by atoms with Crippen molar-refractivity contribution in [2.45, 2.75) is 20.0 Å². The molecule has 0 spiro atoms. The van der Waals surface area contributed by atoms with Crippen molar-refractivity contribution >= 4 is 34.2 Å². The Bertz CT molecular complexity index is 1250. The molecule has 144 valence electrons. The molecule has 0 saturated heterocycles. The van der Waals surface area contributed by atoms with Gasteiger partial charge in [0.1, 0.15) is 5.69 Å². The van der Waals surface area contributed by atoms with Crippen LogP contribution < -0.4 is 5.32 Å². The van der Waals surface area contributed by atoms with Crippen molar-refractivity contribution in [2.75, 3.05) is 5.32 Å². The number of nitrogens with one attached hydrogen (secondary N) is 2. The summed E-state index contributed by atoms with van der Waals surface area (Å²) in [5, 5.41) is 12.2. The number of nitrogens with zero attached hydrogens (tertiary/aromatic N) is 3. The first-order valence-corrected chi connectivity index (χ1v) is 9.70. The summed E-state index contributed by atoms with van der Waals surface area (Å²) in [6.45, 7) is 2.96. The monoisotopic (exact) mass is 403 g/mol. The third kappa shape index (κ3) is 3.32. The number of carbonyl (C=O) groups is 1.